The summed E-state index contributed by atoms with van der Waals surface area (Å²) in [5.74, 6) is -1.03. The highest BCUT2D eigenvalue weighted by Crippen LogP contribution is 2.27. The third-order valence-corrected chi connectivity index (χ3v) is 5.72. The molecule has 0 fully saturated rings. The van der Waals surface area contributed by atoms with Gasteiger partial charge in [0.05, 0.1) is 15.6 Å². The van der Waals surface area contributed by atoms with E-state index in [1.54, 1.807) is 18.2 Å². The van der Waals surface area contributed by atoms with Gasteiger partial charge in [-0.25, -0.2) is 17.5 Å². The first-order valence-corrected chi connectivity index (χ1v) is 10.7. The van der Waals surface area contributed by atoms with E-state index in [9.17, 15) is 17.6 Å². The molecule has 3 aromatic rings. The lowest BCUT2D eigenvalue weighted by Crippen LogP contribution is -2.23. The van der Waals surface area contributed by atoms with Crippen LogP contribution in [-0.4, -0.2) is 20.9 Å². The van der Waals surface area contributed by atoms with Gasteiger partial charge in [-0.05, 0) is 35.9 Å². The normalized spacial score (nSPS) is 11.1. The molecule has 0 saturated heterocycles. The number of hydrogen-bond acceptors (Lipinski definition) is 4. The summed E-state index contributed by atoms with van der Waals surface area (Å²) >= 11 is 6.11. The summed E-state index contributed by atoms with van der Waals surface area (Å²) in [5, 5.41) is 2.40. The second-order valence-electron chi connectivity index (χ2n) is 6.22. The first-order valence-electron chi connectivity index (χ1n) is 8.85. The zero-order valence-electron chi connectivity index (χ0n) is 15.6. The van der Waals surface area contributed by atoms with Crippen molar-refractivity contribution in [1.82, 2.24) is 4.72 Å². The van der Waals surface area contributed by atoms with Crippen molar-refractivity contribution < 1.29 is 22.3 Å². The fraction of sp³-hybridized carbons (Fsp3) is 0.0952. The Bertz CT molecular complexity index is 1140. The average molecular weight is 449 g/mol. The van der Waals surface area contributed by atoms with E-state index in [0.717, 1.165) is 5.56 Å². The van der Waals surface area contributed by atoms with Crippen LogP contribution in [0.3, 0.4) is 0 Å². The van der Waals surface area contributed by atoms with Gasteiger partial charge in [-0.1, -0.05) is 54.1 Å². The predicted octanol–water partition coefficient (Wildman–Crippen LogP) is 3.98. The fourth-order valence-corrected chi connectivity index (χ4v) is 3.86. The van der Waals surface area contributed by atoms with Gasteiger partial charge in [-0.3, -0.25) is 4.79 Å². The number of halogens is 2. The number of carbonyl (C=O) groups excluding carboxylic acids is 1. The number of carbonyl (C=O) groups is 1. The van der Waals surface area contributed by atoms with E-state index in [-0.39, 0.29) is 27.9 Å². The molecule has 0 aliphatic heterocycles. The van der Waals surface area contributed by atoms with Gasteiger partial charge >= 0.3 is 0 Å². The van der Waals surface area contributed by atoms with E-state index in [1.165, 1.54) is 36.4 Å². The Hall–Kier alpha value is -2.94. The summed E-state index contributed by atoms with van der Waals surface area (Å²) in [6.07, 6.45) is 0. The van der Waals surface area contributed by atoms with Crippen molar-refractivity contribution in [3.05, 3.63) is 89.2 Å². The second-order valence-corrected chi connectivity index (χ2v) is 8.39. The van der Waals surface area contributed by atoms with Crippen LogP contribution in [0.2, 0.25) is 5.02 Å². The highest BCUT2D eigenvalue weighted by Gasteiger charge is 2.16. The number of benzene rings is 3. The van der Waals surface area contributed by atoms with Crippen LogP contribution in [0.25, 0.3) is 0 Å². The lowest BCUT2D eigenvalue weighted by atomic mass is 10.2. The lowest BCUT2D eigenvalue weighted by molar-refractivity contribution is -0.118. The number of anilines is 1. The highest BCUT2D eigenvalue weighted by molar-refractivity contribution is 7.89. The quantitative estimate of drug-likeness (QED) is 0.546. The molecule has 0 aliphatic carbocycles. The van der Waals surface area contributed by atoms with Crippen molar-refractivity contribution in [1.29, 1.82) is 0 Å². The Morgan fingerprint density at radius 3 is 2.40 bits per heavy atom. The van der Waals surface area contributed by atoms with Gasteiger partial charge in [-0.2, -0.15) is 0 Å². The number of amides is 1. The molecule has 0 atom stereocenters. The lowest BCUT2D eigenvalue weighted by Gasteiger charge is -2.11. The van der Waals surface area contributed by atoms with Crippen LogP contribution < -0.4 is 14.8 Å². The van der Waals surface area contributed by atoms with Gasteiger partial charge in [0.25, 0.3) is 5.91 Å². The molecule has 2 N–H and O–H groups in total. The Balaban J connectivity index is 1.60. The molecular formula is C21H18ClFN2O4S. The molecule has 0 radical (unpaired) electrons. The van der Waals surface area contributed by atoms with E-state index in [4.69, 9.17) is 16.3 Å². The summed E-state index contributed by atoms with van der Waals surface area (Å²) in [4.78, 5) is 11.9. The zero-order valence-corrected chi connectivity index (χ0v) is 17.2. The van der Waals surface area contributed by atoms with Gasteiger partial charge in [0, 0.05) is 6.54 Å². The third-order valence-electron chi connectivity index (χ3n) is 4.03. The largest absolute Gasteiger partial charge is 0.482 e. The molecule has 0 aromatic heterocycles. The monoisotopic (exact) mass is 448 g/mol. The van der Waals surface area contributed by atoms with Crippen molar-refractivity contribution in [2.45, 2.75) is 11.4 Å². The SMILES string of the molecule is O=C(COc1ccc(S(=O)(=O)NCc2ccccc2)cc1Cl)Nc1ccccc1F. The van der Waals surface area contributed by atoms with Gasteiger partial charge < -0.3 is 10.1 Å². The topological polar surface area (TPSA) is 84.5 Å². The minimum Gasteiger partial charge on any atom is -0.482 e. The molecular weight excluding hydrogens is 431 g/mol. The van der Waals surface area contributed by atoms with Crippen molar-refractivity contribution in [2.24, 2.45) is 0 Å². The van der Waals surface area contributed by atoms with Crippen molar-refractivity contribution in [3.63, 3.8) is 0 Å². The Labute approximate surface area is 178 Å². The molecule has 3 aromatic carbocycles. The maximum Gasteiger partial charge on any atom is 0.262 e. The van der Waals surface area contributed by atoms with Gasteiger partial charge in [0.1, 0.15) is 11.6 Å². The molecule has 0 unspecified atom stereocenters. The van der Waals surface area contributed by atoms with Gasteiger partial charge in [-0.15, -0.1) is 0 Å². The first-order chi connectivity index (χ1) is 14.3. The molecule has 0 spiro atoms. The van der Waals surface area contributed by atoms with Gasteiger partial charge in [0.2, 0.25) is 10.0 Å². The number of ether oxygens (including phenoxy) is 1. The summed E-state index contributed by atoms with van der Waals surface area (Å²) in [5.41, 5.74) is 0.844. The molecule has 0 saturated carbocycles. The van der Waals surface area contributed by atoms with Crippen molar-refractivity contribution >= 4 is 33.2 Å². The summed E-state index contributed by atoms with van der Waals surface area (Å²) < 4.78 is 46.3. The van der Waals surface area contributed by atoms with E-state index < -0.39 is 28.4 Å². The van der Waals surface area contributed by atoms with Crippen LogP contribution >= 0.6 is 11.6 Å². The van der Waals surface area contributed by atoms with Crippen molar-refractivity contribution in [2.75, 3.05) is 11.9 Å². The second kappa shape index (κ2) is 9.71. The Kier molecular flexibility index (Phi) is 7.04. The molecule has 0 heterocycles. The first kappa shape index (κ1) is 21.8. The fourth-order valence-electron chi connectivity index (χ4n) is 2.52. The molecule has 156 valence electrons. The standard InChI is InChI=1S/C21H18ClFN2O4S/c22-17-12-16(30(27,28)24-13-15-6-2-1-3-7-15)10-11-20(17)29-14-21(26)25-19-9-5-4-8-18(19)23/h1-12,24H,13-14H2,(H,25,26). The van der Waals surface area contributed by atoms with Crippen LogP contribution in [0.4, 0.5) is 10.1 Å². The van der Waals surface area contributed by atoms with E-state index in [0.29, 0.717) is 0 Å². The maximum absolute atomic E-state index is 13.6. The molecule has 1 amide bonds. The smallest absolute Gasteiger partial charge is 0.262 e. The summed E-state index contributed by atoms with van der Waals surface area (Å²) in [6, 6.07) is 18.7. The molecule has 6 nitrogen and oxygen atoms in total. The van der Waals surface area contributed by atoms with E-state index in [2.05, 4.69) is 10.0 Å². The van der Waals surface area contributed by atoms with Crippen molar-refractivity contribution in [3.8, 4) is 5.75 Å². The molecule has 0 aliphatic rings. The van der Waals surface area contributed by atoms with Crippen LogP contribution in [0.15, 0.2) is 77.7 Å². The predicted molar refractivity (Wildman–Crippen MR) is 112 cm³/mol. The Morgan fingerprint density at radius 1 is 1.00 bits per heavy atom. The molecule has 9 heteroatoms. The summed E-state index contributed by atoms with van der Waals surface area (Å²) in [6.45, 7) is -0.290. The number of nitrogens with one attached hydrogen (secondary N) is 2. The Morgan fingerprint density at radius 2 is 1.70 bits per heavy atom. The van der Waals surface area contributed by atoms with E-state index in [1.807, 2.05) is 18.2 Å². The number of sulfonamides is 1. The number of rotatable bonds is 8. The minimum atomic E-state index is -3.79. The van der Waals surface area contributed by atoms with Crippen LogP contribution in [0, 0.1) is 5.82 Å². The number of hydrogen-bond donors (Lipinski definition) is 2. The van der Waals surface area contributed by atoms with Gasteiger partial charge in [0.15, 0.2) is 6.61 Å². The maximum atomic E-state index is 13.6. The van der Waals surface area contributed by atoms with Crippen LogP contribution in [0.5, 0.6) is 5.75 Å². The highest BCUT2D eigenvalue weighted by atomic mass is 35.5. The molecule has 3 rings (SSSR count). The van der Waals surface area contributed by atoms with Crippen LogP contribution in [0.1, 0.15) is 5.56 Å². The van der Waals surface area contributed by atoms with Crippen LogP contribution in [-0.2, 0) is 21.4 Å². The molecule has 0 bridgehead atoms. The van der Waals surface area contributed by atoms with E-state index >= 15 is 0 Å². The zero-order chi connectivity index (χ0) is 21.6. The minimum absolute atomic E-state index is 0.0243. The number of para-hydroxylation sites is 1. The molecule has 30 heavy (non-hydrogen) atoms. The average Bonchev–Trinajstić information content (AvgIpc) is 2.74. The third kappa shape index (κ3) is 5.79. The summed E-state index contributed by atoms with van der Waals surface area (Å²) in [7, 11) is -3.79.